The summed E-state index contributed by atoms with van der Waals surface area (Å²) in [6.07, 6.45) is 1.52. The largest absolute Gasteiger partial charge is 0.426 e. The first kappa shape index (κ1) is 11.7. The molecule has 0 aliphatic rings. The maximum absolute atomic E-state index is 12.6. The molecule has 0 N–H and O–H groups in total. The normalized spacial score (nSPS) is 10.4. The minimum absolute atomic E-state index is 0.0740. The molecule has 0 heterocycles. The Balaban J connectivity index is 2.61. The molecular formula is C12H15FO2. The lowest BCUT2D eigenvalue weighted by Gasteiger charge is -2.11. The number of benzene rings is 1. The quantitative estimate of drug-likeness (QED) is 0.563. The molecule has 2 nitrogen and oxygen atoms in total. The Morgan fingerprint density at radius 1 is 1.27 bits per heavy atom. The summed E-state index contributed by atoms with van der Waals surface area (Å²) < 4.78 is 17.7. The molecule has 0 aromatic heterocycles. The van der Waals surface area contributed by atoms with Crippen molar-refractivity contribution in [2.75, 3.05) is 0 Å². The van der Waals surface area contributed by atoms with Crippen molar-refractivity contribution in [1.82, 2.24) is 0 Å². The highest BCUT2D eigenvalue weighted by Gasteiger charge is 2.16. The van der Waals surface area contributed by atoms with Crippen LogP contribution < -0.4 is 4.74 Å². The summed E-state index contributed by atoms with van der Waals surface area (Å²) in [7, 11) is 0. The average Bonchev–Trinajstić information content (AvgIpc) is 2.23. The Kier molecular flexibility index (Phi) is 4.28. The van der Waals surface area contributed by atoms with E-state index in [1.54, 1.807) is 0 Å². The number of carbonyl (C=O) groups is 1. The van der Waals surface area contributed by atoms with Crippen molar-refractivity contribution in [3.8, 4) is 5.75 Å². The van der Waals surface area contributed by atoms with Crippen molar-refractivity contribution in [1.29, 1.82) is 0 Å². The Morgan fingerprint density at radius 3 is 2.27 bits per heavy atom. The lowest BCUT2D eigenvalue weighted by atomic mass is 10.0. The van der Waals surface area contributed by atoms with Crippen LogP contribution in [0.4, 0.5) is 4.39 Å². The van der Waals surface area contributed by atoms with Crippen molar-refractivity contribution in [3.63, 3.8) is 0 Å². The summed E-state index contributed by atoms with van der Waals surface area (Å²) in [6.45, 7) is 3.89. The molecule has 1 aromatic carbocycles. The van der Waals surface area contributed by atoms with Gasteiger partial charge < -0.3 is 4.74 Å². The molecular weight excluding hydrogens is 195 g/mol. The first-order chi connectivity index (χ1) is 7.17. The minimum atomic E-state index is -0.336. The second-order valence-electron chi connectivity index (χ2n) is 3.39. The first-order valence-corrected chi connectivity index (χ1v) is 5.14. The van der Waals surface area contributed by atoms with Crippen LogP contribution in [0.25, 0.3) is 0 Å². The SMILES string of the molecule is CCC(CC)C(=O)Oc1ccc(F)cc1. The monoisotopic (exact) mass is 210 g/mol. The number of hydrogen-bond acceptors (Lipinski definition) is 2. The molecule has 3 heteroatoms. The van der Waals surface area contributed by atoms with E-state index >= 15 is 0 Å². The zero-order valence-corrected chi connectivity index (χ0v) is 9.00. The summed E-state index contributed by atoms with van der Waals surface area (Å²) >= 11 is 0. The molecule has 82 valence electrons. The third kappa shape index (κ3) is 3.35. The maximum Gasteiger partial charge on any atom is 0.314 e. The van der Waals surface area contributed by atoms with Crippen molar-refractivity contribution >= 4 is 5.97 Å². The predicted octanol–water partition coefficient (Wildman–Crippen LogP) is 3.17. The molecule has 0 saturated heterocycles. The van der Waals surface area contributed by atoms with Crippen LogP contribution in [0, 0.1) is 11.7 Å². The van der Waals surface area contributed by atoms with Crippen LogP contribution in [0.1, 0.15) is 26.7 Å². The molecule has 0 saturated carbocycles. The standard InChI is InChI=1S/C12H15FO2/c1-3-9(4-2)12(14)15-11-7-5-10(13)6-8-11/h5-9H,3-4H2,1-2H3. The van der Waals surface area contributed by atoms with E-state index in [9.17, 15) is 9.18 Å². The first-order valence-electron chi connectivity index (χ1n) is 5.14. The van der Waals surface area contributed by atoms with E-state index in [4.69, 9.17) is 4.74 Å². The molecule has 0 amide bonds. The van der Waals surface area contributed by atoms with Crippen LogP contribution in [0.15, 0.2) is 24.3 Å². The zero-order chi connectivity index (χ0) is 11.3. The second-order valence-corrected chi connectivity index (χ2v) is 3.39. The summed E-state index contributed by atoms with van der Waals surface area (Å²) in [5, 5.41) is 0. The van der Waals surface area contributed by atoms with Crippen molar-refractivity contribution in [2.45, 2.75) is 26.7 Å². The molecule has 0 radical (unpaired) electrons. The van der Waals surface area contributed by atoms with Gasteiger partial charge in [0.05, 0.1) is 5.92 Å². The molecule has 0 unspecified atom stereocenters. The van der Waals surface area contributed by atoms with Crippen molar-refractivity contribution < 1.29 is 13.9 Å². The van der Waals surface area contributed by atoms with Gasteiger partial charge in [-0.3, -0.25) is 4.79 Å². The van der Waals surface area contributed by atoms with E-state index in [0.717, 1.165) is 12.8 Å². The Labute approximate surface area is 89.1 Å². The van der Waals surface area contributed by atoms with E-state index in [1.165, 1.54) is 24.3 Å². The number of carbonyl (C=O) groups excluding carboxylic acids is 1. The lowest BCUT2D eigenvalue weighted by molar-refractivity contribution is -0.139. The van der Waals surface area contributed by atoms with Crippen molar-refractivity contribution in [3.05, 3.63) is 30.1 Å². The van der Waals surface area contributed by atoms with Gasteiger partial charge in [0.25, 0.3) is 0 Å². The van der Waals surface area contributed by atoms with E-state index in [1.807, 2.05) is 13.8 Å². The van der Waals surface area contributed by atoms with Gasteiger partial charge in [0, 0.05) is 0 Å². The van der Waals surface area contributed by atoms with Gasteiger partial charge in [-0.2, -0.15) is 0 Å². The number of hydrogen-bond donors (Lipinski definition) is 0. The van der Waals surface area contributed by atoms with Crippen LogP contribution in [0.5, 0.6) is 5.75 Å². The second kappa shape index (κ2) is 5.49. The number of ether oxygens (including phenoxy) is 1. The Morgan fingerprint density at radius 2 is 1.80 bits per heavy atom. The molecule has 0 spiro atoms. The van der Waals surface area contributed by atoms with Gasteiger partial charge in [-0.05, 0) is 37.1 Å². The van der Waals surface area contributed by atoms with E-state index < -0.39 is 0 Å². The van der Waals surface area contributed by atoms with E-state index in [2.05, 4.69) is 0 Å². The smallest absolute Gasteiger partial charge is 0.314 e. The van der Waals surface area contributed by atoms with Crippen LogP contribution in [-0.2, 0) is 4.79 Å². The van der Waals surface area contributed by atoms with Crippen LogP contribution >= 0.6 is 0 Å². The average molecular weight is 210 g/mol. The zero-order valence-electron chi connectivity index (χ0n) is 9.00. The fourth-order valence-electron chi connectivity index (χ4n) is 1.32. The predicted molar refractivity (Wildman–Crippen MR) is 56.1 cm³/mol. The highest BCUT2D eigenvalue weighted by atomic mass is 19.1. The fraction of sp³-hybridized carbons (Fsp3) is 0.417. The minimum Gasteiger partial charge on any atom is -0.426 e. The summed E-state index contributed by atoms with van der Waals surface area (Å²) in [5.41, 5.74) is 0. The molecule has 0 aliphatic carbocycles. The molecule has 15 heavy (non-hydrogen) atoms. The highest BCUT2D eigenvalue weighted by molar-refractivity contribution is 5.74. The highest BCUT2D eigenvalue weighted by Crippen LogP contribution is 2.15. The topological polar surface area (TPSA) is 26.3 Å². The summed E-state index contributed by atoms with van der Waals surface area (Å²) in [4.78, 5) is 11.5. The molecule has 0 bridgehead atoms. The van der Waals surface area contributed by atoms with Gasteiger partial charge in [-0.15, -0.1) is 0 Å². The fourth-order valence-corrected chi connectivity index (χ4v) is 1.32. The summed E-state index contributed by atoms with van der Waals surface area (Å²) in [5.74, 6) is -0.257. The van der Waals surface area contributed by atoms with Gasteiger partial charge in [0.15, 0.2) is 0 Å². The number of halogens is 1. The third-order valence-electron chi connectivity index (χ3n) is 2.35. The molecule has 0 aliphatic heterocycles. The maximum atomic E-state index is 12.6. The number of rotatable bonds is 4. The molecule has 1 rings (SSSR count). The molecule has 1 aromatic rings. The van der Waals surface area contributed by atoms with Gasteiger partial charge >= 0.3 is 5.97 Å². The van der Waals surface area contributed by atoms with Crippen LogP contribution in [-0.4, -0.2) is 5.97 Å². The van der Waals surface area contributed by atoms with E-state index in [-0.39, 0.29) is 17.7 Å². The van der Waals surface area contributed by atoms with Crippen LogP contribution in [0.3, 0.4) is 0 Å². The van der Waals surface area contributed by atoms with Crippen LogP contribution in [0.2, 0.25) is 0 Å². The number of esters is 1. The molecule has 0 fully saturated rings. The Bertz CT molecular complexity index is 315. The third-order valence-corrected chi connectivity index (χ3v) is 2.35. The van der Waals surface area contributed by atoms with Crippen molar-refractivity contribution in [2.24, 2.45) is 5.92 Å². The lowest BCUT2D eigenvalue weighted by Crippen LogP contribution is -2.19. The van der Waals surface area contributed by atoms with Gasteiger partial charge in [-0.1, -0.05) is 13.8 Å². The molecule has 0 atom stereocenters. The van der Waals surface area contributed by atoms with Gasteiger partial charge in [0.1, 0.15) is 11.6 Å². The van der Waals surface area contributed by atoms with Gasteiger partial charge in [-0.25, -0.2) is 4.39 Å². The van der Waals surface area contributed by atoms with E-state index in [0.29, 0.717) is 5.75 Å². The van der Waals surface area contributed by atoms with Gasteiger partial charge in [0.2, 0.25) is 0 Å². The summed E-state index contributed by atoms with van der Waals surface area (Å²) in [6, 6.07) is 5.45. The Hall–Kier alpha value is -1.38.